The van der Waals surface area contributed by atoms with Crippen molar-refractivity contribution in [2.75, 3.05) is 5.88 Å². The van der Waals surface area contributed by atoms with Gasteiger partial charge in [-0.25, -0.2) is 0 Å². The number of Topliss-reactive ketones (excluding diaryl/α,β-unsaturated/α-hetero) is 1. The number of hydrogen-bond acceptors (Lipinski definition) is 1. The summed E-state index contributed by atoms with van der Waals surface area (Å²) in [6.45, 7) is 0. The quantitative estimate of drug-likeness (QED) is 0.561. The summed E-state index contributed by atoms with van der Waals surface area (Å²) in [4.78, 5) is 11.0. The maximum Gasteiger partial charge on any atom is 0.150 e. The molecule has 0 amide bonds. The maximum atomic E-state index is 11.0. The van der Waals surface area contributed by atoms with E-state index in [2.05, 4.69) is 0 Å². The molecule has 3 atom stereocenters. The molecule has 1 unspecified atom stereocenters. The second-order valence-corrected chi connectivity index (χ2v) is 3.79. The molecule has 0 N–H and O–H groups in total. The number of fused-ring (bicyclic) bond motifs is 1. The first kappa shape index (κ1) is 6.66. The van der Waals surface area contributed by atoms with Crippen LogP contribution in [-0.2, 0) is 4.79 Å². The summed E-state index contributed by atoms with van der Waals surface area (Å²) in [6.07, 6.45) is 3.65. The third-order valence-electron chi connectivity index (χ3n) is 2.83. The van der Waals surface area contributed by atoms with Crippen LogP contribution in [0.15, 0.2) is 0 Å². The fourth-order valence-corrected chi connectivity index (χ4v) is 2.30. The molecule has 2 heteroatoms. The Hall–Kier alpha value is -0.0400. The van der Waals surface area contributed by atoms with E-state index in [0.29, 0.717) is 5.92 Å². The zero-order chi connectivity index (χ0) is 7.14. The van der Waals surface area contributed by atoms with Gasteiger partial charge < -0.3 is 0 Å². The fourth-order valence-electron chi connectivity index (χ4n) is 2.09. The Morgan fingerprint density at radius 2 is 1.90 bits per heavy atom. The molecule has 0 heterocycles. The van der Waals surface area contributed by atoms with Crippen molar-refractivity contribution < 1.29 is 4.79 Å². The van der Waals surface area contributed by atoms with Crippen LogP contribution in [-0.4, -0.2) is 11.7 Å². The Bertz CT molecular complexity index is 157. The lowest BCUT2D eigenvalue weighted by Gasteiger charge is -2.06. The van der Waals surface area contributed by atoms with Crippen molar-refractivity contribution in [3.05, 3.63) is 0 Å². The van der Waals surface area contributed by atoms with Crippen LogP contribution >= 0.6 is 11.6 Å². The Labute approximate surface area is 65.7 Å². The molecule has 0 radical (unpaired) electrons. The van der Waals surface area contributed by atoms with Crippen molar-refractivity contribution >= 4 is 17.4 Å². The summed E-state index contributed by atoms with van der Waals surface area (Å²) in [5.74, 6) is 2.63. The van der Waals surface area contributed by atoms with Crippen LogP contribution in [0.1, 0.15) is 19.3 Å². The normalized spacial score (nSPS) is 43.1. The monoisotopic (exact) mass is 158 g/mol. The Morgan fingerprint density at radius 3 is 2.40 bits per heavy atom. The van der Waals surface area contributed by atoms with E-state index in [1.165, 1.54) is 6.42 Å². The molecule has 0 bridgehead atoms. The third-order valence-corrected chi connectivity index (χ3v) is 3.09. The number of hydrogen-bond donors (Lipinski definition) is 0. The zero-order valence-electron chi connectivity index (χ0n) is 5.85. The van der Waals surface area contributed by atoms with E-state index in [4.69, 9.17) is 11.6 Å². The number of rotatable bonds is 2. The molecule has 56 valence electrons. The topological polar surface area (TPSA) is 17.1 Å². The summed E-state index contributed by atoms with van der Waals surface area (Å²) in [5.41, 5.74) is 0. The molecule has 0 aromatic carbocycles. The van der Waals surface area contributed by atoms with Crippen LogP contribution < -0.4 is 0 Å². The number of halogens is 1. The van der Waals surface area contributed by atoms with Gasteiger partial charge in [-0.2, -0.15) is 0 Å². The first-order valence-electron chi connectivity index (χ1n) is 3.90. The average molecular weight is 159 g/mol. The molecule has 0 spiro atoms. The summed E-state index contributed by atoms with van der Waals surface area (Å²) in [7, 11) is 0. The van der Waals surface area contributed by atoms with Crippen molar-refractivity contribution in [3.8, 4) is 0 Å². The highest BCUT2D eigenvalue weighted by Crippen LogP contribution is 2.54. The highest BCUT2D eigenvalue weighted by Gasteiger charge is 2.47. The van der Waals surface area contributed by atoms with Gasteiger partial charge in [-0.1, -0.05) is 0 Å². The molecule has 0 saturated heterocycles. The van der Waals surface area contributed by atoms with Gasteiger partial charge in [0.1, 0.15) is 0 Å². The SMILES string of the molecule is O=C(CCl)C1C[C@@H]2C[C@@H]2C1. The Kier molecular flexibility index (Phi) is 1.48. The van der Waals surface area contributed by atoms with Crippen molar-refractivity contribution in [2.24, 2.45) is 17.8 Å². The first-order valence-corrected chi connectivity index (χ1v) is 4.43. The number of ketones is 1. The minimum atomic E-state index is 0.226. The van der Waals surface area contributed by atoms with Gasteiger partial charge in [0.15, 0.2) is 5.78 Å². The van der Waals surface area contributed by atoms with Crippen molar-refractivity contribution in [1.29, 1.82) is 0 Å². The molecule has 2 fully saturated rings. The molecule has 2 aliphatic rings. The van der Waals surface area contributed by atoms with E-state index >= 15 is 0 Å². The van der Waals surface area contributed by atoms with Gasteiger partial charge in [0.05, 0.1) is 5.88 Å². The fraction of sp³-hybridized carbons (Fsp3) is 0.875. The standard InChI is InChI=1S/C8H11ClO/c9-4-8(10)7-2-5-1-6(5)3-7/h5-7H,1-4H2/t5-,6+,7?. The van der Waals surface area contributed by atoms with Gasteiger partial charge >= 0.3 is 0 Å². The zero-order valence-corrected chi connectivity index (χ0v) is 6.60. The van der Waals surface area contributed by atoms with Gasteiger partial charge in [-0.05, 0) is 31.1 Å². The van der Waals surface area contributed by atoms with Crippen LogP contribution in [0.4, 0.5) is 0 Å². The van der Waals surface area contributed by atoms with E-state index < -0.39 is 0 Å². The third kappa shape index (κ3) is 0.968. The predicted octanol–water partition coefficient (Wildman–Crippen LogP) is 1.84. The van der Waals surface area contributed by atoms with Crippen LogP contribution in [0.25, 0.3) is 0 Å². The average Bonchev–Trinajstić information content (AvgIpc) is 2.57. The molecular weight excluding hydrogens is 148 g/mol. The molecular formula is C8H11ClO. The summed E-state index contributed by atoms with van der Waals surface area (Å²) >= 11 is 5.45. The van der Waals surface area contributed by atoms with Gasteiger partial charge in [0.25, 0.3) is 0 Å². The minimum absolute atomic E-state index is 0.226. The van der Waals surface area contributed by atoms with Crippen molar-refractivity contribution in [1.82, 2.24) is 0 Å². The highest BCUT2D eigenvalue weighted by atomic mass is 35.5. The van der Waals surface area contributed by atoms with Crippen LogP contribution in [0.5, 0.6) is 0 Å². The first-order chi connectivity index (χ1) is 4.81. The van der Waals surface area contributed by atoms with Gasteiger partial charge in [0, 0.05) is 5.92 Å². The summed E-state index contributed by atoms with van der Waals surface area (Å²) < 4.78 is 0. The molecule has 0 aromatic rings. The summed E-state index contributed by atoms with van der Waals surface area (Å²) in [6, 6.07) is 0. The smallest absolute Gasteiger partial charge is 0.150 e. The maximum absolute atomic E-state index is 11.0. The molecule has 1 nitrogen and oxygen atoms in total. The predicted molar refractivity (Wildman–Crippen MR) is 40.0 cm³/mol. The Morgan fingerprint density at radius 1 is 1.30 bits per heavy atom. The number of carbonyl (C=O) groups is 1. The lowest BCUT2D eigenvalue weighted by molar-refractivity contribution is -0.120. The largest absolute Gasteiger partial charge is 0.298 e. The van der Waals surface area contributed by atoms with Gasteiger partial charge in [0.2, 0.25) is 0 Å². The van der Waals surface area contributed by atoms with Crippen molar-refractivity contribution in [2.45, 2.75) is 19.3 Å². The molecule has 2 aliphatic carbocycles. The second kappa shape index (κ2) is 2.23. The number of carbonyl (C=O) groups excluding carboxylic acids is 1. The van der Waals surface area contributed by atoms with Crippen molar-refractivity contribution in [3.63, 3.8) is 0 Å². The number of alkyl halides is 1. The van der Waals surface area contributed by atoms with Crippen LogP contribution in [0.2, 0.25) is 0 Å². The molecule has 2 saturated carbocycles. The van der Waals surface area contributed by atoms with Gasteiger partial charge in [-0.3, -0.25) is 4.79 Å². The Balaban J connectivity index is 1.90. The van der Waals surface area contributed by atoms with Gasteiger partial charge in [-0.15, -0.1) is 11.6 Å². The molecule has 2 rings (SSSR count). The van der Waals surface area contributed by atoms with Crippen LogP contribution in [0.3, 0.4) is 0 Å². The lowest BCUT2D eigenvalue weighted by Crippen LogP contribution is -2.13. The van der Waals surface area contributed by atoms with E-state index in [9.17, 15) is 4.79 Å². The molecule has 0 aromatic heterocycles. The van der Waals surface area contributed by atoms with E-state index in [-0.39, 0.29) is 11.7 Å². The molecule has 0 aliphatic heterocycles. The van der Waals surface area contributed by atoms with E-state index in [1.807, 2.05) is 0 Å². The highest BCUT2D eigenvalue weighted by molar-refractivity contribution is 6.27. The van der Waals surface area contributed by atoms with E-state index in [0.717, 1.165) is 24.7 Å². The second-order valence-electron chi connectivity index (χ2n) is 3.52. The lowest BCUT2D eigenvalue weighted by atomic mass is 10.00. The molecule has 10 heavy (non-hydrogen) atoms. The van der Waals surface area contributed by atoms with Crippen LogP contribution in [0, 0.1) is 17.8 Å². The minimum Gasteiger partial charge on any atom is -0.298 e. The summed E-state index contributed by atoms with van der Waals surface area (Å²) in [5, 5.41) is 0. The van der Waals surface area contributed by atoms with E-state index in [1.54, 1.807) is 0 Å².